The van der Waals surface area contributed by atoms with E-state index in [0.29, 0.717) is 5.05 Å². The molecule has 6 heteroatoms. The molecule has 0 unspecified atom stereocenters. The smallest absolute Gasteiger partial charge is 0.159 e. The second-order valence-electron chi connectivity index (χ2n) is 7.04. The van der Waals surface area contributed by atoms with Crippen molar-refractivity contribution in [1.82, 2.24) is 0 Å². The van der Waals surface area contributed by atoms with Crippen LogP contribution in [0, 0.1) is 0 Å². The topological polar surface area (TPSA) is 79.2 Å². The number of thiocarbonyl (C=S) groups is 1. The van der Waals surface area contributed by atoms with Gasteiger partial charge in [0.2, 0.25) is 0 Å². The molecule has 1 heterocycles. The molecule has 3 N–H and O–H groups in total. The van der Waals surface area contributed by atoms with Crippen LogP contribution >= 0.6 is 12.2 Å². The van der Waals surface area contributed by atoms with Crippen LogP contribution in [0.15, 0.2) is 0 Å². The molecular weight excluding hydrogens is 340 g/mol. The van der Waals surface area contributed by atoms with Gasteiger partial charge < -0.3 is 24.8 Å². The average molecular weight is 377 g/mol. The first-order chi connectivity index (χ1) is 12.1. The van der Waals surface area contributed by atoms with E-state index < -0.39 is 24.4 Å². The molecule has 0 aliphatic carbocycles. The Hall–Kier alpha value is -0.270. The second kappa shape index (κ2) is 13.9. The minimum Gasteiger partial charge on any atom is -0.484 e. The molecule has 1 aliphatic rings. The number of hydrogen-bond acceptors (Lipinski definition) is 6. The molecule has 0 radical (unpaired) electrons. The summed E-state index contributed by atoms with van der Waals surface area (Å²) in [4.78, 5) is 0. The fourth-order valence-corrected chi connectivity index (χ4v) is 3.28. The van der Waals surface area contributed by atoms with Crippen LogP contribution in [0.1, 0.15) is 77.6 Å². The lowest BCUT2D eigenvalue weighted by molar-refractivity contribution is -0.0663. The molecule has 1 rings (SSSR count). The van der Waals surface area contributed by atoms with Crippen molar-refractivity contribution in [3.8, 4) is 0 Å². The fourth-order valence-electron chi connectivity index (χ4n) is 3.07. The van der Waals surface area contributed by atoms with Crippen molar-refractivity contribution in [3.05, 3.63) is 0 Å². The van der Waals surface area contributed by atoms with Crippen molar-refractivity contribution in [2.45, 2.75) is 102 Å². The second-order valence-corrected chi connectivity index (χ2v) is 7.49. The van der Waals surface area contributed by atoms with Crippen molar-refractivity contribution in [3.63, 3.8) is 0 Å². The summed E-state index contributed by atoms with van der Waals surface area (Å²) in [6, 6.07) is 0. The van der Waals surface area contributed by atoms with E-state index in [1.54, 1.807) is 0 Å². The largest absolute Gasteiger partial charge is 0.484 e. The Bertz CT molecular complexity index is 353. The molecule has 1 aliphatic heterocycles. The van der Waals surface area contributed by atoms with Crippen LogP contribution in [-0.2, 0) is 9.47 Å². The lowest BCUT2D eigenvalue weighted by Gasteiger charge is -2.21. The third-order valence-corrected chi connectivity index (χ3v) is 5.04. The van der Waals surface area contributed by atoms with Crippen molar-refractivity contribution in [2.24, 2.45) is 0 Å². The summed E-state index contributed by atoms with van der Waals surface area (Å²) in [5.74, 6) is 0. The molecule has 1 fully saturated rings. The fraction of sp³-hybridized carbons (Fsp3) is 0.947. The summed E-state index contributed by atoms with van der Waals surface area (Å²) >= 11 is 5.17. The maximum absolute atomic E-state index is 9.95. The normalized spacial score (nSPS) is 24.4. The minimum atomic E-state index is -1.07. The number of aliphatic hydroxyl groups is 3. The summed E-state index contributed by atoms with van der Waals surface area (Å²) in [6.45, 7) is 2.27. The van der Waals surface area contributed by atoms with Gasteiger partial charge in [-0.05, 0) is 18.6 Å². The standard InChI is InChI=1S/C19H36O5S/c1-2-3-4-5-6-7-8-9-10-11-12-17(25)23-14-16(21)19-18(22)15(20)13-24-19/h15-16,18-22H,2-14H2,1H3/t15-,16+,18-,19-/m0/s1. The highest BCUT2D eigenvalue weighted by atomic mass is 32.1. The molecule has 148 valence electrons. The van der Waals surface area contributed by atoms with Crippen LogP contribution in [0.3, 0.4) is 0 Å². The van der Waals surface area contributed by atoms with Crippen LogP contribution < -0.4 is 0 Å². The number of unbranched alkanes of at least 4 members (excludes halogenated alkanes) is 9. The molecule has 1 saturated heterocycles. The van der Waals surface area contributed by atoms with E-state index in [1.165, 1.54) is 51.4 Å². The molecule has 5 nitrogen and oxygen atoms in total. The number of aliphatic hydroxyl groups excluding tert-OH is 3. The Balaban J connectivity index is 1.93. The Morgan fingerprint density at radius 2 is 1.60 bits per heavy atom. The lowest BCUT2D eigenvalue weighted by Crippen LogP contribution is -2.41. The van der Waals surface area contributed by atoms with E-state index in [9.17, 15) is 15.3 Å². The Labute approximate surface area is 157 Å². The van der Waals surface area contributed by atoms with Gasteiger partial charge in [0.1, 0.15) is 31.0 Å². The van der Waals surface area contributed by atoms with Crippen molar-refractivity contribution < 1.29 is 24.8 Å². The molecule has 0 aromatic carbocycles. The molecule has 0 spiro atoms. The van der Waals surface area contributed by atoms with Crippen LogP contribution in [0.2, 0.25) is 0 Å². The monoisotopic (exact) mass is 376 g/mol. The molecule has 25 heavy (non-hydrogen) atoms. The predicted molar refractivity (Wildman–Crippen MR) is 103 cm³/mol. The number of rotatable bonds is 14. The van der Waals surface area contributed by atoms with E-state index in [2.05, 4.69) is 6.92 Å². The maximum atomic E-state index is 9.95. The first-order valence-electron chi connectivity index (χ1n) is 9.87. The highest BCUT2D eigenvalue weighted by Crippen LogP contribution is 2.18. The van der Waals surface area contributed by atoms with Crippen LogP contribution in [0.25, 0.3) is 0 Å². The summed E-state index contributed by atoms with van der Waals surface area (Å²) < 4.78 is 10.6. The first kappa shape index (κ1) is 22.8. The molecular formula is C19H36O5S. The van der Waals surface area contributed by atoms with Gasteiger partial charge in [-0.25, -0.2) is 0 Å². The zero-order chi connectivity index (χ0) is 18.5. The lowest BCUT2D eigenvalue weighted by atomic mass is 10.1. The molecule has 0 saturated carbocycles. The summed E-state index contributed by atoms with van der Waals surface area (Å²) in [5.41, 5.74) is 0. The molecule has 0 aromatic rings. The number of hydrogen-bond donors (Lipinski definition) is 3. The summed E-state index contributed by atoms with van der Waals surface area (Å²) in [6.07, 6.45) is 9.65. The van der Waals surface area contributed by atoms with Gasteiger partial charge in [-0.15, -0.1) is 0 Å². The Kier molecular flexibility index (Phi) is 12.6. The third kappa shape index (κ3) is 9.85. The van der Waals surface area contributed by atoms with Crippen LogP contribution in [-0.4, -0.2) is 58.0 Å². The van der Waals surface area contributed by atoms with Crippen LogP contribution in [0.5, 0.6) is 0 Å². The zero-order valence-corrected chi connectivity index (χ0v) is 16.4. The van der Waals surface area contributed by atoms with Crippen molar-refractivity contribution in [2.75, 3.05) is 13.2 Å². The highest BCUT2D eigenvalue weighted by molar-refractivity contribution is 7.80. The van der Waals surface area contributed by atoms with Gasteiger partial charge in [-0.2, -0.15) is 0 Å². The highest BCUT2D eigenvalue weighted by Gasteiger charge is 2.39. The molecule has 0 aromatic heterocycles. The van der Waals surface area contributed by atoms with E-state index in [-0.39, 0.29) is 13.2 Å². The van der Waals surface area contributed by atoms with E-state index >= 15 is 0 Å². The SMILES string of the molecule is CCCCCCCCCCCCC(=S)OC[C@@H](O)[C@@H]1OC[C@H](O)[C@@H]1O. The molecule has 4 atom stereocenters. The Morgan fingerprint density at radius 3 is 2.12 bits per heavy atom. The third-order valence-electron chi connectivity index (χ3n) is 4.72. The van der Waals surface area contributed by atoms with Gasteiger partial charge in [0.15, 0.2) is 5.05 Å². The van der Waals surface area contributed by atoms with Crippen molar-refractivity contribution in [1.29, 1.82) is 0 Å². The van der Waals surface area contributed by atoms with Gasteiger partial charge in [0, 0.05) is 6.42 Å². The predicted octanol–water partition coefficient (Wildman–Crippen LogP) is 3.12. The average Bonchev–Trinajstić information content (AvgIpc) is 2.93. The van der Waals surface area contributed by atoms with E-state index in [1.807, 2.05) is 0 Å². The Morgan fingerprint density at radius 1 is 1.04 bits per heavy atom. The summed E-state index contributed by atoms with van der Waals surface area (Å²) in [5, 5.41) is 29.5. The van der Waals surface area contributed by atoms with Crippen LogP contribution in [0.4, 0.5) is 0 Å². The minimum absolute atomic E-state index is 0.00889. The molecule has 0 amide bonds. The van der Waals surface area contributed by atoms with Gasteiger partial charge in [-0.1, -0.05) is 64.7 Å². The van der Waals surface area contributed by atoms with E-state index in [4.69, 9.17) is 21.7 Å². The van der Waals surface area contributed by atoms with Gasteiger partial charge in [-0.3, -0.25) is 0 Å². The van der Waals surface area contributed by atoms with E-state index in [0.717, 1.165) is 19.3 Å². The van der Waals surface area contributed by atoms with Gasteiger partial charge in [0.05, 0.1) is 6.61 Å². The number of ether oxygens (including phenoxy) is 2. The quantitative estimate of drug-likeness (QED) is 0.319. The van der Waals surface area contributed by atoms with Crippen molar-refractivity contribution >= 4 is 17.3 Å². The zero-order valence-electron chi connectivity index (χ0n) is 15.6. The maximum Gasteiger partial charge on any atom is 0.159 e. The first-order valence-corrected chi connectivity index (χ1v) is 10.3. The summed E-state index contributed by atoms with van der Waals surface area (Å²) in [7, 11) is 0. The van der Waals surface area contributed by atoms with Gasteiger partial charge >= 0.3 is 0 Å². The van der Waals surface area contributed by atoms with Gasteiger partial charge in [0.25, 0.3) is 0 Å². The molecule has 0 bridgehead atoms.